The maximum Gasteiger partial charge on any atom is 0.306 e. The molecule has 0 spiro atoms. The van der Waals surface area contributed by atoms with Crippen LogP contribution in [0.3, 0.4) is 0 Å². The van der Waals surface area contributed by atoms with Crippen LogP contribution in [0, 0.1) is 37.0 Å². The minimum Gasteiger partial charge on any atom is -0.545 e. The molecule has 1 rings (SSSR count). The molecule has 0 amide bonds. The average molecular weight is 1220 g/mol. The van der Waals surface area contributed by atoms with Crippen molar-refractivity contribution in [3.8, 4) is 0 Å². The summed E-state index contributed by atoms with van der Waals surface area (Å²) < 4.78 is 16.3. The van der Waals surface area contributed by atoms with Gasteiger partial charge in [0, 0.05) is 50.5 Å². The van der Waals surface area contributed by atoms with Crippen molar-refractivity contribution in [1.82, 2.24) is 10.2 Å². The zero-order valence-electron chi connectivity index (χ0n) is 47.3. The number of nitrogens with one attached hydrogen (secondary N) is 1. The molecule has 0 bridgehead atoms. The van der Waals surface area contributed by atoms with Gasteiger partial charge in [-0.05, 0) is 122 Å². The molecule has 1 N–H and O–H groups in total. The van der Waals surface area contributed by atoms with Crippen molar-refractivity contribution in [3.63, 3.8) is 0 Å². The Morgan fingerprint density at radius 1 is 0.609 bits per heavy atom. The zero-order valence-corrected chi connectivity index (χ0v) is 52.3. The summed E-state index contributed by atoms with van der Waals surface area (Å²) in [6.45, 7) is 26.0. The molecule has 0 aromatic rings. The van der Waals surface area contributed by atoms with E-state index in [9.17, 15) is 14.4 Å². The molecular formula is C58H117N2O7SU-. The topological polar surface area (TPSA) is 111 Å². The number of hydrogen-bond acceptors (Lipinski definition) is 10. The average Bonchev–Trinajstić information content (AvgIpc) is 3.84. The predicted octanol–water partition coefficient (Wildman–Crippen LogP) is 16.6. The first kappa shape index (κ1) is 79.5. The zero-order chi connectivity index (χ0) is 52.0. The van der Waals surface area contributed by atoms with Crippen molar-refractivity contribution >= 4 is 43.3 Å². The van der Waals surface area contributed by atoms with Crippen LogP contribution in [-0.4, -0.2) is 88.0 Å². The summed E-state index contributed by atoms with van der Waals surface area (Å²) in [7, 11) is 2.04. The van der Waals surface area contributed by atoms with Gasteiger partial charge in [0.05, 0.1) is 6.61 Å². The first-order valence-electron chi connectivity index (χ1n) is 28.8. The third kappa shape index (κ3) is 65.1. The van der Waals surface area contributed by atoms with Crippen molar-refractivity contribution in [3.05, 3.63) is 0 Å². The number of rotatable bonds is 44. The van der Waals surface area contributed by atoms with Gasteiger partial charge in [-0.3, -0.25) is 21.2 Å². The number of hydrogen-bond donors (Lipinski definition) is 1. The number of esters is 2. The van der Waals surface area contributed by atoms with Crippen molar-refractivity contribution < 1.29 is 64.5 Å². The van der Waals surface area contributed by atoms with E-state index < -0.39 is 0 Å². The Labute approximate surface area is 459 Å². The number of nitrogens with zero attached hydrogens (tertiary/aromatic N) is 1. The number of ether oxygens (including phenoxy) is 3. The van der Waals surface area contributed by atoms with Crippen LogP contribution in [0.2, 0.25) is 0 Å². The number of carbonyl (C=O) groups is 3. The first-order valence-corrected chi connectivity index (χ1v) is 29.3. The van der Waals surface area contributed by atoms with Crippen molar-refractivity contribution in [2.24, 2.45) is 5.92 Å². The van der Waals surface area contributed by atoms with E-state index in [4.69, 9.17) is 14.3 Å². The largest absolute Gasteiger partial charge is 0.545 e. The summed E-state index contributed by atoms with van der Waals surface area (Å²) in [6.07, 6.45) is 42.4. The maximum absolute atomic E-state index is 12.3. The molecule has 11 heteroatoms. The normalized spacial score (nSPS) is 12.9. The quantitative estimate of drug-likeness (QED) is 0.0158. The Morgan fingerprint density at radius 3 is 1.41 bits per heavy atom. The van der Waals surface area contributed by atoms with Crippen molar-refractivity contribution in [1.29, 1.82) is 0 Å². The molecule has 0 aromatic carbocycles. The van der Waals surface area contributed by atoms with E-state index in [1.54, 1.807) is 0 Å². The summed E-state index contributed by atoms with van der Waals surface area (Å²) in [5, 5.41) is 3.26. The van der Waals surface area contributed by atoms with Gasteiger partial charge >= 0.3 is 11.9 Å². The summed E-state index contributed by atoms with van der Waals surface area (Å²) in [5.41, 5.74) is 0. The molecule has 0 saturated carbocycles. The number of unbranched alkanes of at least 4 members (excludes halogenated alkanes) is 23. The fraction of sp³-hybridized carbons (Fsp3) is 0.914. The molecule has 69 heavy (non-hydrogen) atoms. The second-order valence-corrected chi connectivity index (χ2v) is 18.2. The molecule has 1 saturated heterocycles. The van der Waals surface area contributed by atoms with Crippen molar-refractivity contribution in [2.45, 2.75) is 299 Å². The fourth-order valence-electron chi connectivity index (χ4n) is 8.42. The molecule has 1 heterocycles. The van der Waals surface area contributed by atoms with E-state index >= 15 is 0 Å². The monoisotopic (exact) mass is 1220 g/mol. The second kappa shape index (κ2) is 73.7. The Balaban J connectivity index is -0.000000248. The van der Waals surface area contributed by atoms with Gasteiger partial charge in [0.15, 0.2) is 0 Å². The van der Waals surface area contributed by atoms with Gasteiger partial charge in [0.2, 0.25) is 0 Å². The van der Waals surface area contributed by atoms with Gasteiger partial charge in [-0.1, -0.05) is 202 Å². The molecule has 1 aliphatic heterocycles. The summed E-state index contributed by atoms with van der Waals surface area (Å²) >= 11 is 3.83. The molecule has 0 aromatic heterocycles. The number of likely N-dealkylation sites (tertiary alicyclic amines) is 1. The molecule has 412 valence electrons. The van der Waals surface area contributed by atoms with E-state index in [0.29, 0.717) is 25.9 Å². The smallest absolute Gasteiger partial charge is 0.306 e. The predicted molar refractivity (Wildman–Crippen MR) is 299 cm³/mol. The van der Waals surface area contributed by atoms with Crippen LogP contribution >= 0.6 is 12.2 Å². The summed E-state index contributed by atoms with van der Waals surface area (Å²) in [5.74, 6) is 3.72. The Hall–Kier alpha value is -0.858. The molecule has 1 fully saturated rings. The molecular weight excluding hydrogens is 1110 g/mol. The fourth-order valence-corrected chi connectivity index (χ4v) is 8.42. The first-order chi connectivity index (χ1) is 33.4. The van der Waals surface area contributed by atoms with Gasteiger partial charge in [0.1, 0.15) is 12.2 Å². The van der Waals surface area contributed by atoms with E-state index in [0.717, 1.165) is 83.1 Å². The van der Waals surface area contributed by atoms with Gasteiger partial charge in [0.25, 0.3) is 6.47 Å². The van der Waals surface area contributed by atoms with E-state index in [1.165, 1.54) is 167 Å². The molecule has 0 radical (unpaired) electrons. The Kier molecular flexibility index (Phi) is 84.9. The Bertz CT molecular complexity index is 951. The molecule has 2 unspecified atom stereocenters. The minimum absolute atomic E-state index is 0. The van der Waals surface area contributed by atoms with Gasteiger partial charge in [-0.25, -0.2) is 0 Å². The molecule has 9 nitrogen and oxygen atoms in total. The van der Waals surface area contributed by atoms with Crippen LogP contribution in [0.5, 0.6) is 0 Å². The second-order valence-electron chi connectivity index (χ2n) is 18.2. The Morgan fingerprint density at radius 2 is 0.986 bits per heavy atom. The van der Waals surface area contributed by atoms with Gasteiger partial charge in [-0.2, -0.15) is 0 Å². The van der Waals surface area contributed by atoms with Crippen LogP contribution in [0.25, 0.3) is 0 Å². The molecule has 2 atom stereocenters. The van der Waals surface area contributed by atoms with Crippen LogP contribution in [0.4, 0.5) is 0 Å². The van der Waals surface area contributed by atoms with E-state index in [-0.39, 0.29) is 55.3 Å². The third-order valence-corrected chi connectivity index (χ3v) is 12.4. The van der Waals surface area contributed by atoms with Crippen LogP contribution in [0.1, 0.15) is 287 Å². The van der Waals surface area contributed by atoms with Crippen LogP contribution < -0.4 is 5.32 Å². The van der Waals surface area contributed by atoms with Crippen molar-refractivity contribution in [2.75, 3.05) is 39.8 Å². The SMILES string of the molecule is C=S.CC.CC.CCCCCCCCC(CCCCCCCC)OC(=O)CCCCCCCOC=O.CCCCCCCCCCC(CC)OC(=O)CCCCCN1CCC(CCNC)C1.[CH-]=O.[U]. The van der Waals surface area contributed by atoms with Crippen LogP contribution in [0.15, 0.2) is 0 Å². The van der Waals surface area contributed by atoms with Gasteiger partial charge < -0.3 is 29.2 Å². The maximum atomic E-state index is 12.3. The molecule has 1 aliphatic rings. The van der Waals surface area contributed by atoms with Gasteiger partial charge in [-0.15, -0.1) is 0 Å². The number of carbonyl (C=O) groups excluding carboxylic acids is 4. The molecule has 0 aliphatic carbocycles. The standard InChI is InChI=1S/C26H52N2O2.C26H50O4.2C2H6.CHO.CH2S.U/c1-4-6-7-8-9-10-11-13-16-25(5-2)30-26(29)17-14-12-15-21-28-22-19-24(23-28)18-20-27-3;1-3-5-7-9-12-16-20-25(21-17-13-10-8-6-4-2)30-26(28)22-18-14-11-15-19-23-29-24-27;4*1-2;/h24-25,27H,4-23H2,1-3H3;24-25H,3-23H2,1-2H3;2*1-2H3;1H;1H2;/q;;;;-1;;. The number of thiocarbonyl (C=S) groups is 1. The summed E-state index contributed by atoms with van der Waals surface area (Å²) in [4.78, 5) is 44.9. The summed E-state index contributed by atoms with van der Waals surface area (Å²) in [6, 6.07) is 0. The van der Waals surface area contributed by atoms with Crippen LogP contribution in [-0.2, 0) is 33.4 Å². The van der Waals surface area contributed by atoms with E-state index in [2.05, 4.69) is 67.5 Å². The van der Waals surface area contributed by atoms with E-state index in [1.807, 2.05) is 34.7 Å². The minimum atomic E-state index is -0.0127. The third-order valence-electron chi connectivity index (χ3n) is 12.4.